The van der Waals surface area contributed by atoms with Crippen LogP contribution >= 0.6 is 0 Å². The molecule has 0 spiro atoms. The number of nitrogens with zero attached hydrogens (tertiary/aromatic N) is 2. The van der Waals surface area contributed by atoms with Crippen LogP contribution in [0.3, 0.4) is 0 Å². The van der Waals surface area contributed by atoms with E-state index in [0.29, 0.717) is 18.7 Å². The fourth-order valence-electron chi connectivity index (χ4n) is 3.36. The summed E-state index contributed by atoms with van der Waals surface area (Å²) in [6.45, 7) is 5.18. The van der Waals surface area contributed by atoms with Gasteiger partial charge >= 0.3 is 11.9 Å². The highest BCUT2D eigenvalue weighted by Gasteiger charge is 2.27. The van der Waals surface area contributed by atoms with Crippen LogP contribution in [0.1, 0.15) is 33.2 Å². The summed E-state index contributed by atoms with van der Waals surface area (Å²) in [5, 5.41) is 0. The van der Waals surface area contributed by atoms with Crippen LogP contribution in [0, 0.1) is 0 Å². The molecule has 2 aromatic rings. The SMILES string of the molecule is COC(=O)c1ccc(C(=O)OC(C)C(=O)N2CCN(Cc3ccccc3)CC2)cc1. The van der Waals surface area contributed by atoms with Gasteiger partial charge in [0.1, 0.15) is 0 Å². The van der Waals surface area contributed by atoms with Gasteiger partial charge in [0.2, 0.25) is 0 Å². The minimum absolute atomic E-state index is 0.200. The summed E-state index contributed by atoms with van der Waals surface area (Å²) in [6.07, 6.45) is -0.876. The lowest BCUT2D eigenvalue weighted by molar-refractivity contribution is -0.141. The number of carbonyl (C=O) groups is 3. The average molecular weight is 410 g/mol. The van der Waals surface area contributed by atoms with Crippen molar-refractivity contribution >= 4 is 17.8 Å². The molecule has 0 bridgehead atoms. The Bertz CT molecular complexity index is 874. The largest absolute Gasteiger partial charge is 0.465 e. The fourth-order valence-corrected chi connectivity index (χ4v) is 3.36. The monoisotopic (exact) mass is 410 g/mol. The molecule has 0 aromatic heterocycles. The summed E-state index contributed by atoms with van der Waals surface area (Å²) in [7, 11) is 1.29. The van der Waals surface area contributed by atoms with E-state index < -0.39 is 18.0 Å². The van der Waals surface area contributed by atoms with E-state index in [-0.39, 0.29) is 11.5 Å². The Kier molecular flexibility index (Phi) is 7.19. The zero-order chi connectivity index (χ0) is 21.5. The van der Waals surface area contributed by atoms with E-state index in [2.05, 4.69) is 21.8 Å². The fraction of sp³-hybridized carbons (Fsp3) is 0.348. The first-order valence-corrected chi connectivity index (χ1v) is 9.92. The first kappa shape index (κ1) is 21.5. The molecule has 2 aromatic carbocycles. The van der Waals surface area contributed by atoms with E-state index in [4.69, 9.17) is 4.74 Å². The number of hydrogen-bond acceptors (Lipinski definition) is 6. The Morgan fingerprint density at radius 1 is 0.867 bits per heavy atom. The maximum atomic E-state index is 12.7. The van der Waals surface area contributed by atoms with Gasteiger partial charge in [-0.2, -0.15) is 0 Å². The second kappa shape index (κ2) is 10.0. The molecule has 1 aliphatic rings. The van der Waals surface area contributed by atoms with Crippen LogP contribution < -0.4 is 0 Å². The van der Waals surface area contributed by atoms with Gasteiger partial charge in [0, 0.05) is 32.7 Å². The molecule has 3 rings (SSSR count). The Labute approximate surface area is 176 Å². The molecule has 1 fully saturated rings. The zero-order valence-electron chi connectivity index (χ0n) is 17.2. The van der Waals surface area contributed by atoms with E-state index in [1.54, 1.807) is 11.8 Å². The van der Waals surface area contributed by atoms with Crippen molar-refractivity contribution in [3.8, 4) is 0 Å². The van der Waals surface area contributed by atoms with Crippen molar-refractivity contribution in [1.29, 1.82) is 0 Å². The molecular formula is C23H26N2O5. The minimum atomic E-state index is -0.876. The van der Waals surface area contributed by atoms with Gasteiger partial charge in [0.15, 0.2) is 6.10 Å². The smallest absolute Gasteiger partial charge is 0.338 e. The van der Waals surface area contributed by atoms with Crippen molar-refractivity contribution in [1.82, 2.24) is 9.80 Å². The number of carbonyl (C=O) groups excluding carboxylic acids is 3. The number of benzene rings is 2. The van der Waals surface area contributed by atoms with Crippen molar-refractivity contribution in [2.75, 3.05) is 33.3 Å². The van der Waals surface area contributed by atoms with Gasteiger partial charge in [0.25, 0.3) is 5.91 Å². The zero-order valence-corrected chi connectivity index (χ0v) is 17.2. The number of hydrogen-bond donors (Lipinski definition) is 0. The van der Waals surface area contributed by atoms with E-state index in [1.807, 2.05) is 18.2 Å². The van der Waals surface area contributed by atoms with Crippen molar-refractivity contribution < 1.29 is 23.9 Å². The molecule has 30 heavy (non-hydrogen) atoms. The van der Waals surface area contributed by atoms with E-state index in [1.165, 1.54) is 36.9 Å². The highest BCUT2D eigenvalue weighted by Crippen LogP contribution is 2.12. The van der Waals surface area contributed by atoms with Crippen LogP contribution in [0.2, 0.25) is 0 Å². The van der Waals surface area contributed by atoms with Crippen LogP contribution in [0.5, 0.6) is 0 Å². The van der Waals surface area contributed by atoms with Crippen LogP contribution in [-0.2, 0) is 20.8 Å². The molecule has 0 radical (unpaired) electrons. The Hall–Kier alpha value is -3.19. The quantitative estimate of drug-likeness (QED) is 0.681. The van der Waals surface area contributed by atoms with Crippen LogP contribution in [0.4, 0.5) is 0 Å². The second-order valence-corrected chi connectivity index (χ2v) is 7.20. The molecule has 0 saturated carbocycles. The lowest BCUT2D eigenvalue weighted by Gasteiger charge is -2.35. The van der Waals surface area contributed by atoms with Gasteiger partial charge in [-0.1, -0.05) is 30.3 Å². The van der Waals surface area contributed by atoms with Gasteiger partial charge in [0.05, 0.1) is 18.2 Å². The molecule has 1 aliphatic heterocycles. The normalized spacial score (nSPS) is 15.3. The molecule has 0 aliphatic carbocycles. The van der Waals surface area contributed by atoms with Crippen LogP contribution in [-0.4, -0.2) is 67.0 Å². The standard InChI is InChI=1S/C23H26N2O5/c1-17(30-23(28)20-10-8-19(9-11-20)22(27)29-2)21(26)25-14-12-24(13-15-25)16-18-6-4-3-5-7-18/h3-11,17H,12-16H2,1-2H3. The number of piperazine rings is 1. The first-order chi connectivity index (χ1) is 14.5. The lowest BCUT2D eigenvalue weighted by Crippen LogP contribution is -2.51. The maximum Gasteiger partial charge on any atom is 0.338 e. The summed E-state index contributed by atoms with van der Waals surface area (Å²) in [5.41, 5.74) is 1.86. The molecule has 7 nitrogen and oxygen atoms in total. The van der Waals surface area contributed by atoms with Crippen molar-refractivity contribution in [2.45, 2.75) is 19.6 Å². The third-order valence-corrected chi connectivity index (χ3v) is 5.11. The molecule has 0 N–H and O–H groups in total. The average Bonchev–Trinajstić information content (AvgIpc) is 2.79. The lowest BCUT2D eigenvalue weighted by atomic mass is 10.1. The van der Waals surface area contributed by atoms with Crippen LogP contribution in [0.25, 0.3) is 0 Å². The maximum absolute atomic E-state index is 12.7. The third-order valence-electron chi connectivity index (χ3n) is 5.11. The molecule has 1 saturated heterocycles. The summed E-state index contributed by atoms with van der Waals surface area (Å²) < 4.78 is 9.97. The van der Waals surface area contributed by atoms with Gasteiger partial charge in [-0.25, -0.2) is 9.59 Å². The highest BCUT2D eigenvalue weighted by molar-refractivity contribution is 5.94. The van der Waals surface area contributed by atoms with E-state index in [9.17, 15) is 14.4 Å². The number of rotatable bonds is 6. The summed E-state index contributed by atoms with van der Waals surface area (Å²) >= 11 is 0. The van der Waals surface area contributed by atoms with Crippen molar-refractivity contribution in [3.05, 3.63) is 71.3 Å². The van der Waals surface area contributed by atoms with Gasteiger partial charge in [-0.05, 0) is 36.8 Å². The Morgan fingerprint density at radius 3 is 2.00 bits per heavy atom. The van der Waals surface area contributed by atoms with E-state index >= 15 is 0 Å². The molecular weight excluding hydrogens is 384 g/mol. The second-order valence-electron chi connectivity index (χ2n) is 7.20. The molecule has 1 atom stereocenters. The Morgan fingerprint density at radius 2 is 1.43 bits per heavy atom. The van der Waals surface area contributed by atoms with Gasteiger partial charge in [-0.3, -0.25) is 9.69 Å². The number of methoxy groups -OCH3 is 1. The molecule has 1 amide bonds. The predicted octanol–water partition coefficient (Wildman–Crippen LogP) is 2.36. The third kappa shape index (κ3) is 5.45. The number of ether oxygens (including phenoxy) is 2. The van der Waals surface area contributed by atoms with Gasteiger partial charge < -0.3 is 14.4 Å². The minimum Gasteiger partial charge on any atom is -0.465 e. The predicted molar refractivity (Wildman–Crippen MR) is 111 cm³/mol. The molecule has 1 heterocycles. The highest BCUT2D eigenvalue weighted by atomic mass is 16.5. The van der Waals surface area contributed by atoms with Crippen molar-refractivity contribution in [2.24, 2.45) is 0 Å². The topological polar surface area (TPSA) is 76.2 Å². The molecule has 158 valence electrons. The number of esters is 2. The summed E-state index contributed by atoms with van der Waals surface area (Å²) in [5.74, 6) is -1.28. The van der Waals surface area contributed by atoms with Gasteiger partial charge in [-0.15, -0.1) is 0 Å². The molecule has 7 heteroatoms. The summed E-state index contributed by atoms with van der Waals surface area (Å²) in [6, 6.07) is 16.2. The molecule has 1 unspecified atom stereocenters. The van der Waals surface area contributed by atoms with Crippen molar-refractivity contribution in [3.63, 3.8) is 0 Å². The number of amides is 1. The van der Waals surface area contributed by atoms with E-state index in [0.717, 1.165) is 19.6 Å². The summed E-state index contributed by atoms with van der Waals surface area (Å²) in [4.78, 5) is 40.5. The van der Waals surface area contributed by atoms with Crippen LogP contribution in [0.15, 0.2) is 54.6 Å². The first-order valence-electron chi connectivity index (χ1n) is 9.92. The Balaban J connectivity index is 1.48.